The SMILES string of the molecule is N#CC1(C(=O)c2ccc3c(c2)CCCS3)CC1. The van der Waals surface area contributed by atoms with E-state index in [0.717, 1.165) is 24.8 Å². The van der Waals surface area contributed by atoms with Crippen molar-refractivity contribution in [2.24, 2.45) is 5.41 Å². The largest absolute Gasteiger partial charge is 0.292 e. The van der Waals surface area contributed by atoms with Crippen LogP contribution >= 0.6 is 11.8 Å². The number of Topliss-reactive ketones (excluding diaryl/α,β-unsaturated/α-hetero) is 1. The van der Waals surface area contributed by atoms with Crippen molar-refractivity contribution in [3.63, 3.8) is 0 Å². The van der Waals surface area contributed by atoms with Gasteiger partial charge < -0.3 is 0 Å². The van der Waals surface area contributed by atoms with E-state index in [1.807, 2.05) is 30.0 Å². The molecule has 2 aliphatic rings. The minimum absolute atomic E-state index is 0.0263. The van der Waals surface area contributed by atoms with Gasteiger partial charge in [0.2, 0.25) is 0 Å². The third-order valence-electron chi connectivity index (χ3n) is 3.57. The van der Waals surface area contributed by atoms with E-state index in [2.05, 4.69) is 6.07 Å². The topological polar surface area (TPSA) is 40.9 Å². The lowest BCUT2D eigenvalue weighted by atomic mass is 9.94. The van der Waals surface area contributed by atoms with Crippen molar-refractivity contribution in [3.8, 4) is 6.07 Å². The van der Waals surface area contributed by atoms with Crippen LogP contribution in [0.4, 0.5) is 0 Å². The quantitative estimate of drug-likeness (QED) is 0.749. The normalized spacial score (nSPS) is 20.2. The van der Waals surface area contributed by atoms with E-state index in [1.54, 1.807) is 0 Å². The van der Waals surface area contributed by atoms with Crippen LogP contribution in [0.2, 0.25) is 0 Å². The van der Waals surface area contributed by atoms with Gasteiger partial charge in [-0.3, -0.25) is 4.79 Å². The summed E-state index contributed by atoms with van der Waals surface area (Å²) in [5, 5.41) is 9.05. The zero-order chi connectivity index (χ0) is 11.9. The van der Waals surface area contributed by atoms with Crippen molar-refractivity contribution in [1.82, 2.24) is 0 Å². The van der Waals surface area contributed by atoms with Gasteiger partial charge in [-0.1, -0.05) is 6.07 Å². The molecule has 1 aromatic carbocycles. The molecule has 0 spiro atoms. The number of hydrogen-bond donors (Lipinski definition) is 0. The molecule has 1 heterocycles. The highest BCUT2D eigenvalue weighted by Crippen LogP contribution is 2.47. The second-order valence-corrected chi connectivity index (χ2v) is 5.93. The van der Waals surface area contributed by atoms with E-state index in [1.165, 1.54) is 22.6 Å². The molecular weight excluding hydrogens is 230 g/mol. The number of ketones is 1. The average Bonchev–Trinajstić information content (AvgIpc) is 3.18. The molecule has 1 saturated carbocycles. The summed E-state index contributed by atoms with van der Waals surface area (Å²) in [5.41, 5.74) is 1.32. The molecule has 1 aromatic rings. The van der Waals surface area contributed by atoms with E-state index in [4.69, 9.17) is 5.26 Å². The van der Waals surface area contributed by atoms with Gasteiger partial charge in [0.25, 0.3) is 0 Å². The fourth-order valence-corrected chi connectivity index (χ4v) is 3.31. The smallest absolute Gasteiger partial charge is 0.183 e. The summed E-state index contributed by atoms with van der Waals surface area (Å²) in [5.74, 6) is 1.20. The highest BCUT2D eigenvalue weighted by atomic mass is 32.2. The Labute approximate surface area is 105 Å². The van der Waals surface area contributed by atoms with E-state index in [9.17, 15) is 4.79 Å². The van der Waals surface area contributed by atoms with Gasteiger partial charge in [-0.05, 0) is 49.1 Å². The Morgan fingerprint density at radius 2 is 2.24 bits per heavy atom. The van der Waals surface area contributed by atoms with E-state index in [0.29, 0.717) is 0 Å². The van der Waals surface area contributed by atoms with Gasteiger partial charge in [-0.15, -0.1) is 11.8 Å². The first-order valence-corrected chi connectivity index (χ1v) is 6.95. The zero-order valence-corrected chi connectivity index (χ0v) is 10.3. The maximum absolute atomic E-state index is 12.2. The molecule has 1 aliphatic carbocycles. The third-order valence-corrected chi connectivity index (χ3v) is 4.77. The number of hydrogen-bond acceptors (Lipinski definition) is 3. The highest BCUT2D eigenvalue weighted by molar-refractivity contribution is 7.99. The molecule has 17 heavy (non-hydrogen) atoms. The van der Waals surface area contributed by atoms with Crippen LogP contribution in [0.25, 0.3) is 0 Å². The first kappa shape index (κ1) is 10.9. The number of aryl methyl sites for hydroxylation is 1. The van der Waals surface area contributed by atoms with Crippen LogP contribution in [0.1, 0.15) is 35.2 Å². The molecule has 0 unspecified atom stereocenters. The van der Waals surface area contributed by atoms with E-state index >= 15 is 0 Å². The molecule has 1 fully saturated rings. The Morgan fingerprint density at radius 3 is 2.94 bits per heavy atom. The van der Waals surface area contributed by atoms with Crippen molar-refractivity contribution in [1.29, 1.82) is 5.26 Å². The van der Waals surface area contributed by atoms with Crippen LogP contribution in [-0.4, -0.2) is 11.5 Å². The molecule has 0 bridgehead atoms. The summed E-state index contributed by atoms with van der Waals surface area (Å²) in [4.78, 5) is 13.5. The number of nitrogens with zero attached hydrogens (tertiary/aromatic N) is 1. The molecule has 2 nitrogen and oxygen atoms in total. The highest BCUT2D eigenvalue weighted by Gasteiger charge is 2.50. The van der Waals surface area contributed by atoms with Gasteiger partial charge in [0.15, 0.2) is 5.78 Å². The third kappa shape index (κ3) is 1.77. The molecule has 0 aromatic heterocycles. The molecule has 0 saturated heterocycles. The molecule has 0 atom stereocenters. The summed E-state index contributed by atoms with van der Waals surface area (Å²) < 4.78 is 0. The van der Waals surface area contributed by atoms with Crippen LogP contribution < -0.4 is 0 Å². The molecule has 0 N–H and O–H groups in total. The lowest BCUT2D eigenvalue weighted by Crippen LogP contribution is -2.14. The van der Waals surface area contributed by atoms with E-state index in [-0.39, 0.29) is 5.78 Å². The Hall–Kier alpha value is -1.27. The summed E-state index contributed by atoms with van der Waals surface area (Å²) >= 11 is 1.86. The average molecular weight is 243 g/mol. The van der Waals surface area contributed by atoms with Gasteiger partial charge in [0.05, 0.1) is 6.07 Å². The van der Waals surface area contributed by atoms with Crippen LogP contribution in [-0.2, 0) is 6.42 Å². The van der Waals surface area contributed by atoms with Crippen LogP contribution in [0.5, 0.6) is 0 Å². The van der Waals surface area contributed by atoms with Crippen molar-refractivity contribution >= 4 is 17.5 Å². The second-order valence-electron chi connectivity index (χ2n) is 4.80. The zero-order valence-electron chi connectivity index (χ0n) is 9.53. The molecular formula is C14H13NOS. The van der Waals surface area contributed by atoms with Gasteiger partial charge in [0, 0.05) is 10.5 Å². The molecule has 3 heteroatoms. The number of fused-ring (bicyclic) bond motifs is 1. The molecule has 1 aliphatic heterocycles. The Kier molecular flexibility index (Phi) is 2.48. The number of rotatable bonds is 2. The molecule has 3 rings (SSSR count). The van der Waals surface area contributed by atoms with E-state index < -0.39 is 5.41 Å². The Bertz CT molecular complexity index is 526. The summed E-state index contributed by atoms with van der Waals surface area (Å²) in [6, 6.07) is 8.10. The monoisotopic (exact) mass is 243 g/mol. The van der Waals surface area contributed by atoms with Gasteiger partial charge in [-0.2, -0.15) is 5.26 Å². The van der Waals surface area contributed by atoms with Crippen LogP contribution in [0, 0.1) is 16.7 Å². The minimum atomic E-state index is -0.684. The van der Waals surface area contributed by atoms with Crippen molar-refractivity contribution in [3.05, 3.63) is 29.3 Å². The molecule has 0 radical (unpaired) electrons. The van der Waals surface area contributed by atoms with Gasteiger partial charge in [-0.25, -0.2) is 0 Å². The van der Waals surface area contributed by atoms with Gasteiger partial charge >= 0.3 is 0 Å². The molecule has 86 valence electrons. The summed E-state index contributed by atoms with van der Waals surface area (Å²) in [6.45, 7) is 0. The fourth-order valence-electron chi connectivity index (χ4n) is 2.29. The number of thioether (sulfide) groups is 1. The number of benzene rings is 1. The lowest BCUT2D eigenvalue weighted by molar-refractivity contribution is 0.0934. The first-order chi connectivity index (χ1) is 8.25. The summed E-state index contributed by atoms with van der Waals surface area (Å²) in [7, 11) is 0. The maximum atomic E-state index is 12.2. The second kappa shape index (κ2) is 3.89. The maximum Gasteiger partial charge on any atom is 0.183 e. The fraction of sp³-hybridized carbons (Fsp3) is 0.429. The first-order valence-electron chi connectivity index (χ1n) is 5.97. The van der Waals surface area contributed by atoms with Crippen molar-refractivity contribution < 1.29 is 4.79 Å². The lowest BCUT2D eigenvalue weighted by Gasteiger charge is -2.16. The Morgan fingerprint density at radius 1 is 1.41 bits per heavy atom. The number of carbonyl (C=O) groups is 1. The number of carbonyl (C=O) groups excluding carboxylic acids is 1. The minimum Gasteiger partial charge on any atom is -0.292 e. The predicted molar refractivity (Wildman–Crippen MR) is 67.1 cm³/mol. The van der Waals surface area contributed by atoms with Crippen molar-refractivity contribution in [2.75, 3.05) is 5.75 Å². The standard InChI is InChI=1S/C14H13NOS/c15-9-14(5-6-14)13(16)11-3-4-12-10(8-11)2-1-7-17-12/h3-4,8H,1-2,5-7H2. The van der Waals surface area contributed by atoms with Crippen LogP contribution in [0.3, 0.4) is 0 Å². The van der Waals surface area contributed by atoms with Crippen molar-refractivity contribution in [2.45, 2.75) is 30.6 Å². The van der Waals surface area contributed by atoms with Gasteiger partial charge in [0.1, 0.15) is 5.41 Å². The number of nitriles is 1. The van der Waals surface area contributed by atoms with Crippen LogP contribution in [0.15, 0.2) is 23.1 Å². The Balaban J connectivity index is 1.94. The molecule has 0 amide bonds. The summed E-state index contributed by atoms with van der Waals surface area (Å²) in [6.07, 6.45) is 3.70. The predicted octanol–water partition coefficient (Wildman–Crippen LogP) is 3.21.